The van der Waals surface area contributed by atoms with Gasteiger partial charge in [0.15, 0.2) is 11.5 Å². The first-order valence-electron chi connectivity index (χ1n) is 18.0. The molecule has 0 atom stereocenters. The SMILES string of the molecule is Cc1cc(N(c2ccc(C(C)(C)C)cc2)c2ccc(C(C)(C)C)cc2)c(Cl)c(N(c2ccc3c(c2)OCO3)c2c(C)cc(C(C)(C)C)cc2C)c1. The van der Waals surface area contributed by atoms with E-state index in [2.05, 4.69) is 178 Å². The smallest absolute Gasteiger partial charge is 0.231 e. The highest BCUT2D eigenvalue weighted by atomic mass is 35.5. The Bertz CT molecular complexity index is 1980. The summed E-state index contributed by atoms with van der Waals surface area (Å²) in [6.07, 6.45) is 0. The van der Waals surface area contributed by atoms with Crippen LogP contribution in [0, 0.1) is 20.8 Å². The second-order valence-corrected chi connectivity index (χ2v) is 17.5. The molecule has 0 N–H and O–H groups in total. The molecule has 0 unspecified atom stereocenters. The standard InChI is InChI=1S/C46H53ClN2O2/c1-29-23-38(48(35-17-13-32(14-18-35)44(4,5)6)36-19-15-33(16-20-36)45(7,8)9)42(47)39(24-29)49(37-21-22-40-41(27-37)51-28-50-40)43-30(2)25-34(26-31(43)3)46(10,11)12/h13-27H,28H2,1-12H3. The minimum absolute atomic E-state index is 0.0113. The molecule has 0 bridgehead atoms. The van der Waals surface area contributed by atoms with Crippen molar-refractivity contribution in [3.8, 4) is 11.5 Å². The highest BCUT2D eigenvalue weighted by Gasteiger charge is 2.28. The fourth-order valence-corrected chi connectivity index (χ4v) is 7.14. The van der Waals surface area contributed by atoms with Crippen molar-refractivity contribution >= 4 is 45.7 Å². The van der Waals surface area contributed by atoms with Crippen molar-refractivity contribution in [1.82, 2.24) is 0 Å². The number of hydrogen-bond donors (Lipinski definition) is 0. The lowest BCUT2D eigenvalue weighted by molar-refractivity contribution is 0.174. The quantitative estimate of drug-likeness (QED) is 0.176. The van der Waals surface area contributed by atoms with Crippen LogP contribution in [0.5, 0.6) is 11.5 Å². The lowest BCUT2D eigenvalue weighted by atomic mass is 9.84. The molecular formula is C46H53ClN2O2. The van der Waals surface area contributed by atoms with Crippen LogP contribution in [0.2, 0.25) is 5.02 Å². The van der Waals surface area contributed by atoms with Gasteiger partial charge in [-0.25, -0.2) is 0 Å². The first kappa shape index (κ1) is 36.4. The van der Waals surface area contributed by atoms with Gasteiger partial charge >= 0.3 is 0 Å². The van der Waals surface area contributed by atoms with Crippen LogP contribution >= 0.6 is 11.6 Å². The van der Waals surface area contributed by atoms with Gasteiger partial charge in [-0.05, 0) is 119 Å². The van der Waals surface area contributed by atoms with Gasteiger partial charge < -0.3 is 19.3 Å². The summed E-state index contributed by atoms with van der Waals surface area (Å²) in [5.74, 6) is 1.47. The summed E-state index contributed by atoms with van der Waals surface area (Å²) in [7, 11) is 0. The van der Waals surface area contributed by atoms with E-state index in [1.54, 1.807) is 0 Å². The molecule has 0 aliphatic carbocycles. The number of ether oxygens (including phenoxy) is 2. The van der Waals surface area contributed by atoms with Gasteiger partial charge in [0.1, 0.15) is 0 Å². The van der Waals surface area contributed by atoms with E-state index >= 15 is 0 Å². The summed E-state index contributed by atoms with van der Waals surface area (Å²) < 4.78 is 11.6. The molecule has 0 amide bonds. The van der Waals surface area contributed by atoms with Crippen LogP contribution in [0.25, 0.3) is 0 Å². The molecular weight excluding hydrogens is 648 g/mol. The van der Waals surface area contributed by atoms with E-state index in [9.17, 15) is 0 Å². The highest BCUT2D eigenvalue weighted by molar-refractivity contribution is 6.36. The summed E-state index contributed by atoms with van der Waals surface area (Å²) in [6.45, 7) is 27.0. The molecule has 0 saturated carbocycles. The number of rotatable bonds is 6. The molecule has 0 spiro atoms. The van der Waals surface area contributed by atoms with Crippen molar-refractivity contribution in [2.45, 2.75) is 99.3 Å². The van der Waals surface area contributed by atoms with E-state index < -0.39 is 0 Å². The molecule has 0 radical (unpaired) electrons. The summed E-state index contributed by atoms with van der Waals surface area (Å²) in [5.41, 5.74) is 13.3. The van der Waals surface area contributed by atoms with Crippen LogP contribution in [0.3, 0.4) is 0 Å². The van der Waals surface area contributed by atoms with Crippen molar-refractivity contribution in [3.63, 3.8) is 0 Å². The van der Waals surface area contributed by atoms with Gasteiger partial charge in [0.25, 0.3) is 0 Å². The van der Waals surface area contributed by atoms with Crippen molar-refractivity contribution in [2.24, 2.45) is 0 Å². The molecule has 1 aliphatic rings. The van der Waals surface area contributed by atoms with Crippen molar-refractivity contribution in [1.29, 1.82) is 0 Å². The maximum Gasteiger partial charge on any atom is 0.231 e. The number of anilines is 6. The number of fused-ring (bicyclic) bond motifs is 1. The molecule has 0 fully saturated rings. The number of hydrogen-bond acceptors (Lipinski definition) is 4. The Kier molecular flexibility index (Phi) is 9.48. The van der Waals surface area contributed by atoms with Crippen molar-refractivity contribution < 1.29 is 9.47 Å². The summed E-state index contributed by atoms with van der Waals surface area (Å²) in [5, 5.41) is 0.650. The largest absolute Gasteiger partial charge is 0.454 e. The second-order valence-electron chi connectivity index (χ2n) is 17.1. The van der Waals surface area contributed by atoms with Gasteiger partial charge in [0, 0.05) is 17.4 Å². The lowest BCUT2D eigenvalue weighted by Crippen LogP contribution is -2.18. The number of halogens is 1. The van der Waals surface area contributed by atoms with Crippen LogP contribution in [0.4, 0.5) is 34.1 Å². The molecule has 1 heterocycles. The van der Waals surface area contributed by atoms with Crippen LogP contribution in [-0.4, -0.2) is 6.79 Å². The fraction of sp³-hybridized carbons (Fsp3) is 0.348. The zero-order chi connectivity index (χ0) is 37.0. The third-order valence-corrected chi connectivity index (χ3v) is 10.2. The molecule has 4 nitrogen and oxygen atoms in total. The predicted molar refractivity (Wildman–Crippen MR) is 217 cm³/mol. The van der Waals surface area contributed by atoms with Crippen molar-refractivity contribution in [2.75, 3.05) is 16.6 Å². The zero-order valence-electron chi connectivity index (χ0n) is 32.5. The topological polar surface area (TPSA) is 24.9 Å². The Hall–Kier alpha value is -4.41. The van der Waals surface area contributed by atoms with Crippen molar-refractivity contribution in [3.05, 3.63) is 129 Å². The highest BCUT2D eigenvalue weighted by Crippen LogP contribution is 2.50. The molecule has 51 heavy (non-hydrogen) atoms. The monoisotopic (exact) mass is 700 g/mol. The summed E-state index contributed by atoms with van der Waals surface area (Å²) in [4.78, 5) is 4.58. The molecule has 1 aliphatic heterocycles. The van der Waals surface area contributed by atoms with E-state index in [4.69, 9.17) is 21.1 Å². The average Bonchev–Trinajstić information content (AvgIpc) is 3.52. The molecule has 5 aromatic carbocycles. The van der Waals surface area contributed by atoms with Gasteiger partial charge in [-0.3, -0.25) is 0 Å². The number of nitrogens with zero attached hydrogens (tertiary/aromatic N) is 2. The predicted octanol–water partition coefficient (Wildman–Crippen LogP) is 13.8. The molecule has 266 valence electrons. The average molecular weight is 701 g/mol. The van der Waals surface area contributed by atoms with Gasteiger partial charge in [-0.2, -0.15) is 0 Å². The van der Waals surface area contributed by atoms with E-state index in [1.807, 2.05) is 6.07 Å². The van der Waals surface area contributed by atoms with E-state index in [0.29, 0.717) is 5.02 Å². The fourth-order valence-electron chi connectivity index (χ4n) is 6.86. The lowest BCUT2D eigenvalue weighted by Gasteiger charge is -2.34. The Balaban J connectivity index is 1.61. The summed E-state index contributed by atoms with van der Waals surface area (Å²) in [6, 6.07) is 33.0. The van der Waals surface area contributed by atoms with E-state index in [1.165, 1.54) is 27.8 Å². The molecule has 5 aromatic rings. The molecule has 6 rings (SSSR count). The van der Waals surface area contributed by atoms with E-state index in [-0.39, 0.29) is 23.0 Å². The van der Waals surface area contributed by atoms with Gasteiger partial charge in [0.2, 0.25) is 6.79 Å². The Morgan fingerprint density at radius 1 is 0.490 bits per heavy atom. The van der Waals surface area contributed by atoms with Crippen LogP contribution < -0.4 is 19.3 Å². The molecule has 0 aromatic heterocycles. The van der Waals surface area contributed by atoms with Crippen LogP contribution in [0.15, 0.2) is 91.0 Å². The number of aryl methyl sites for hydroxylation is 3. The second kappa shape index (κ2) is 13.3. The third-order valence-electron chi connectivity index (χ3n) is 9.84. The van der Waals surface area contributed by atoms with Gasteiger partial charge in [0.05, 0.1) is 27.8 Å². The number of benzene rings is 5. The Labute approximate surface area is 311 Å². The van der Waals surface area contributed by atoms with Gasteiger partial charge in [-0.15, -0.1) is 0 Å². The third kappa shape index (κ3) is 7.35. The first-order chi connectivity index (χ1) is 23.8. The Morgan fingerprint density at radius 3 is 1.39 bits per heavy atom. The Morgan fingerprint density at radius 2 is 0.922 bits per heavy atom. The maximum atomic E-state index is 7.76. The first-order valence-corrected chi connectivity index (χ1v) is 18.3. The summed E-state index contributed by atoms with van der Waals surface area (Å²) >= 11 is 7.76. The minimum atomic E-state index is 0.0113. The van der Waals surface area contributed by atoms with Crippen LogP contribution in [0.1, 0.15) is 95.7 Å². The van der Waals surface area contributed by atoms with E-state index in [0.717, 1.165) is 51.2 Å². The van der Waals surface area contributed by atoms with Gasteiger partial charge in [-0.1, -0.05) is 110 Å². The zero-order valence-corrected chi connectivity index (χ0v) is 33.2. The molecule has 5 heteroatoms. The van der Waals surface area contributed by atoms with Crippen LogP contribution in [-0.2, 0) is 16.2 Å². The maximum absolute atomic E-state index is 7.76. The molecule has 0 saturated heterocycles. The minimum Gasteiger partial charge on any atom is -0.454 e. The normalized spacial score (nSPS) is 13.0.